The highest BCUT2D eigenvalue weighted by atomic mass is 79.9. The van der Waals surface area contributed by atoms with Crippen molar-refractivity contribution in [3.05, 3.63) is 53.0 Å². The van der Waals surface area contributed by atoms with Gasteiger partial charge in [0.15, 0.2) is 0 Å². The zero-order valence-electron chi connectivity index (χ0n) is 8.81. The van der Waals surface area contributed by atoms with Gasteiger partial charge in [-0.1, -0.05) is 22.0 Å². The monoisotopic (exact) mass is 456 g/mol. The molecule has 0 radical (unpaired) electrons. The van der Waals surface area contributed by atoms with Crippen LogP contribution in [0.4, 0.5) is 0 Å². The Labute approximate surface area is 135 Å². The molecule has 2 rings (SSSR count). The number of aryl methyl sites for hydroxylation is 1. The topological polar surface area (TPSA) is 0 Å². The highest BCUT2D eigenvalue weighted by Crippen LogP contribution is 2.41. The number of hydrogen-bond acceptors (Lipinski definition) is 1. The van der Waals surface area contributed by atoms with Crippen molar-refractivity contribution in [1.29, 1.82) is 0 Å². The van der Waals surface area contributed by atoms with E-state index in [2.05, 4.69) is 72.9 Å². The third-order valence-electron chi connectivity index (χ3n) is 2.46. The second-order valence-corrected chi connectivity index (χ2v) is 8.74. The fraction of sp³-hybridized carbons (Fsp3) is 0.167. The van der Waals surface area contributed by atoms with Crippen LogP contribution >= 0.6 is 70.7 Å². The summed E-state index contributed by atoms with van der Waals surface area (Å²) < 4.78 is 3.24. The third-order valence-corrected chi connectivity index (χ3v) is 5.81. The summed E-state index contributed by atoms with van der Waals surface area (Å²) in [5.41, 5.74) is 3.43. The van der Waals surface area contributed by atoms with Crippen molar-refractivity contribution < 1.29 is 0 Å². The number of hydrogen-bond donors (Lipinski definition) is 0. The van der Waals surface area contributed by atoms with Gasteiger partial charge in [0.25, 0.3) is 0 Å². The van der Waals surface area contributed by atoms with E-state index in [4.69, 9.17) is 11.6 Å². The minimum absolute atomic E-state index is 0.125. The van der Waals surface area contributed by atoms with Gasteiger partial charge in [0.05, 0.1) is 12.9 Å². The molecule has 5 heteroatoms. The molecule has 1 atom stereocenters. The zero-order valence-corrected chi connectivity index (χ0v) is 15.1. The molecular formula is C12H8Br3ClS. The largest absolute Gasteiger partial charge is 0.121 e. The molecule has 1 unspecified atom stereocenters. The van der Waals surface area contributed by atoms with Crippen LogP contribution in [0.1, 0.15) is 22.1 Å². The van der Waals surface area contributed by atoms with Gasteiger partial charge in [-0.3, -0.25) is 0 Å². The zero-order chi connectivity index (χ0) is 12.6. The third kappa shape index (κ3) is 3.16. The van der Waals surface area contributed by atoms with Crippen LogP contribution in [-0.2, 0) is 0 Å². The van der Waals surface area contributed by atoms with Crippen molar-refractivity contribution in [2.75, 3.05) is 0 Å². The number of benzene rings is 1. The van der Waals surface area contributed by atoms with Crippen molar-refractivity contribution in [1.82, 2.24) is 0 Å². The van der Waals surface area contributed by atoms with Crippen LogP contribution in [0, 0.1) is 6.92 Å². The predicted molar refractivity (Wildman–Crippen MR) is 86.3 cm³/mol. The summed E-state index contributed by atoms with van der Waals surface area (Å²) in [5, 5.41) is -0.125. The summed E-state index contributed by atoms with van der Waals surface area (Å²) in [6.45, 7) is 2.07. The summed E-state index contributed by atoms with van der Waals surface area (Å²) >= 11 is 18.7. The first kappa shape index (κ1) is 14.1. The maximum absolute atomic E-state index is 6.55. The number of thiophene rings is 1. The molecular weight excluding hydrogens is 451 g/mol. The first-order chi connectivity index (χ1) is 7.99. The molecule has 0 aliphatic heterocycles. The summed E-state index contributed by atoms with van der Waals surface area (Å²) in [7, 11) is 0. The average Bonchev–Trinajstić information content (AvgIpc) is 2.57. The maximum atomic E-state index is 6.55. The second-order valence-electron chi connectivity index (χ2n) is 3.64. The van der Waals surface area contributed by atoms with Gasteiger partial charge in [0.2, 0.25) is 0 Å². The van der Waals surface area contributed by atoms with Gasteiger partial charge in [-0.2, -0.15) is 0 Å². The molecule has 0 spiro atoms. The van der Waals surface area contributed by atoms with E-state index in [1.54, 1.807) is 11.3 Å². The van der Waals surface area contributed by atoms with Gasteiger partial charge in [-0.15, -0.1) is 22.9 Å². The van der Waals surface area contributed by atoms with E-state index in [1.165, 1.54) is 5.56 Å². The Morgan fingerprint density at radius 1 is 1.12 bits per heavy atom. The Morgan fingerprint density at radius 3 is 2.35 bits per heavy atom. The molecule has 0 nitrogen and oxygen atoms in total. The van der Waals surface area contributed by atoms with Crippen LogP contribution < -0.4 is 0 Å². The molecule has 1 aromatic carbocycles. The van der Waals surface area contributed by atoms with Crippen LogP contribution in [-0.4, -0.2) is 0 Å². The molecule has 0 fully saturated rings. The molecule has 90 valence electrons. The summed E-state index contributed by atoms with van der Waals surface area (Å²) in [6.07, 6.45) is 0. The lowest BCUT2D eigenvalue weighted by atomic mass is 10.0. The quantitative estimate of drug-likeness (QED) is 0.440. The van der Waals surface area contributed by atoms with Gasteiger partial charge in [-0.05, 0) is 68.1 Å². The summed E-state index contributed by atoms with van der Waals surface area (Å²) in [4.78, 5) is 0. The first-order valence-corrected chi connectivity index (χ1v) is 8.47. The first-order valence-electron chi connectivity index (χ1n) is 4.84. The molecule has 0 amide bonds. The van der Waals surface area contributed by atoms with E-state index in [0.717, 1.165) is 23.2 Å². The summed E-state index contributed by atoms with van der Waals surface area (Å²) in [6, 6.07) is 8.23. The molecule has 0 saturated heterocycles. The minimum Gasteiger partial charge on any atom is -0.121 e. The van der Waals surface area contributed by atoms with E-state index in [1.807, 2.05) is 6.07 Å². The van der Waals surface area contributed by atoms with Crippen molar-refractivity contribution in [3.63, 3.8) is 0 Å². The Morgan fingerprint density at radius 2 is 1.82 bits per heavy atom. The molecule has 0 saturated carbocycles. The van der Waals surface area contributed by atoms with Crippen LogP contribution in [0.2, 0.25) is 0 Å². The van der Waals surface area contributed by atoms with Crippen LogP contribution in [0.25, 0.3) is 0 Å². The van der Waals surface area contributed by atoms with E-state index >= 15 is 0 Å². The normalized spacial score (nSPS) is 12.8. The van der Waals surface area contributed by atoms with Crippen molar-refractivity contribution in [2.45, 2.75) is 12.3 Å². The fourth-order valence-electron chi connectivity index (χ4n) is 1.62. The molecule has 0 N–H and O–H groups in total. The van der Waals surface area contributed by atoms with Crippen LogP contribution in [0.15, 0.2) is 36.3 Å². The van der Waals surface area contributed by atoms with Gasteiger partial charge >= 0.3 is 0 Å². The molecule has 0 aliphatic carbocycles. The van der Waals surface area contributed by atoms with Crippen molar-refractivity contribution in [3.8, 4) is 0 Å². The van der Waals surface area contributed by atoms with Gasteiger partial charge in [0.1, 0.15) is 0 Å². The van der Waals surface area contributed by atoms with Gasteiger partial charge < -0.3 is 0 Å². The van der Waals surface area contributed by atoms with Crippen molar-refractivity contribution in [2.24, 2.45) is 0 Å². The fourth-order valence-corrected chi connectivity index (χ4v) is 5.61. The Bertz CT molecular complexity index is 551. The number of rotatable bonds is 2. The Balaban J connectivity index is 2.43. The Hall–Kier alpha value is 0.650. The highest BCUT2D eigenvalue weighted by Gasteiger charge is 2.18. The molecule has 0 aliphatic rings. The van der Waals surface area contributed by atoms with E-state index in [-0.39, 0.29) is 5.38 Å². The van der Waals surface area contributed by atoms with Gasteiger partial charge in [0, 0.05) is 10.0 Å². The van der Waals surface area contributed by atoms with E-state index in [9.17, 15) is 0 Å². The standard InChI is InChI=1S/C12H8Br3ClS/c1-6-4-7(13)2-3-8(6)11(16)9-5-10(14)17-12(9)15/h2-5,11H,1H3. The highest BCUT2D eigenvalue weighted by molar-refractivity contribution is 9.12. The molecule has 1 heterocycles. The Kier molecular flexibility index (Phi) is 4.75. The average molecular weight is 459 g/mol. The van der Waals surface area contributed by atoms with Crippen LogP contribution in [0.3, 0.4) is 0 Å². The molecule has 0 bridgehead atoms. The molecule has 17 heavy (non-hydrogen) atoms. The maximum Gasteiger partial charge on any atom is 0.0857 e. The summed E-state index contributed by atoms with van der Waals surface area (Å²) in [5.74, 6) is 0. The van der Waals surface area contributed by atoms with E-state index in [0.29, 0.717) is 0 Å². The molecule has 2 aromatic rings. The number of alkyl halides is 1. The lowest BCUT2D eigenvalue weighted by Crippen LogP contribution is -1.95. The lowest BCUT2D eigenvalue weighted by Gasteiger charge is -2.12. The number of halogens is 4. The predicted octanol–water partition coefficient (Wildman–Crippen LogP) is 6.67. The van der Waals surface area contributed by atoms with E-state index < -0.39 is 0 Å². The SMILES string of the molecule is Cc1cc(Br)ccc1C(Cl)c1cc(Br)sc1Br. The van der Waals surface area contributed by atoms with Crippen LogP contribution in [0.5, 0.6) is 0 Å². The van der Waals surface area contributed by atoms with Crippen molar-refractivity contribution >= 4 is 70.7 Å². The minimum atomic E-state index is -0.125. The second kappa shape index (κ2) is 5.74. The van der Waals surface area contributed by atoms with Gasteiger partial charge in [-0.25, -0.2) is 0 Å². The smallest absolute Gasteiger partial charge is 0.0857 e. The lowest BCUT2D eigenvalue weighted by molar-refractivity contribution is 1.11. The molecule has 1 aromatic heterocycles.